The molecule has 0 saturated heterocycles. The number of anilines is 2. The topological polar surface area (TPSA) is 120 Å². The molecule has 0 aliphatic heterocycles. The fourth-order valence-corrected chi connectivity index (χ4v) is 1.15. The molecule has 17 heavy (non-hydrogen) atoms. The number of pyridine rings is 1. The summed E-state index contributed by atoms with van der Waals surface area (Å²) in [7, 11) is 1.25. The lowest BCUT2D eigenvalue weighted by atomic mass is 10.2. The zero-order valence-corrected chi connectivity index (χ0v) is 9.56. The van der Waals surface area contributed by atoms with Gasteiger partial charge < -0.3 is 21.5 Å². The van der Waals surface area contributed by atoms with Crippen molar-refractivity contribution < 1.29 is 14.3 Å². The number of ether oxygens (including phenoxy) is 1. The molecule has 1 atom stereocenters. The van der Waals surface area contributed by atoms with Gasteiger partial charge in [0.05, 0.1) is 18.4 Å². The van der Waals surface area contributed by atoms with E-state index in [1.54, 1.807) is 6.92 Å². The zero-order chi connectivity index (χ0) is 13.0. The molecule has 7 nitrogen and oxygen atoms in total. The number of nitrogens with zero attached hydrogens (tertiary/aromatic N) is 1. The predicted octanol–water partition coefficient (Wildman–Crippen LogP) is -0.264. The molecule has 0 fully saturated rings. The highest BCUT2D eigenvalue weighted by Crippen LogP contribution is 2.21. The number of esters is 1. The Kier molecular flexibility index (Phi) is 3.86. The molecule has 0 bridgehead atoms. The van der Waals surface area contributed by atoms with E-state index in [1.807, 2.05) is 0 Å². The molecular weight excluding hydrogens is 224 g/mol. The lowest BCUT2D eigenvalue weighted by molar-refractivity contribution is -0.118. The highest BCUT2D eigenvalue weighted by Gasteiger charge is 2.16. The van der Waals surface area contributed by atoms with Crippen molar-refractivity contribution in [3.05, 3.63) is 17.8 Å². The summed E-state index contributed by atoms with van der Waals surface area (Å²) in [6.07, 6.45) is 1.39. The van der Waals surface area contributed by atoms with Crippen LogP contribution >= 0.6 is 0 Å². The molecule has 1 aromatic heterocycles. The summed E-state index contributed by atoms with van der Waals surface area (Å²) in [5, 5.41) is 2.71. The second kappa shape index (κ2) is 5.15. The van der Waals surface area contributed by atoms with Crippen LogP contribution in [0.5, 0.6) is 0 Å². The minimum Gasteiger partial charge on any atom is -0.465 e. The molecule has 5 N–H and O–H groups in total. The number of aromatic nitrogens is 1. The van der Waals surface area contributed by atoms with Gasteiger partial charge in [-0.3, -0.25) is 4.79 Å². The van der Waals surface area contributed by atoms with Gasteiger partial charge in [-0.05, 0) is 13.0 Å². The van der Waals surface area contributed by atoms with Crippen LogP contribution in [0.25, 0.3) is 0 Å². The summed E-state index contributed by atoms with van der Waals surface area (Å²) in [5.74, 6) is -0.895. The van der Waals surface area contributed by atoms with Gasteiger partial charge in [0.2, 0.25) is 5.91 Å². The van der Waals surface area contributed by atoms with Gasteiger partial charge in [0.1, 0.15) is 6.04 Å². The SMILES string of the molecule is COC(=O)c1ccnc(NC(C)C(N)=O)c1N. The minimum absolute atomic E-state index is 0.118. The summed E-state index contributed by atoms with van der Waals surface area (Å²) in [6.45, 7) is 1.56. The van der Waals surface area contributed by atoms with Crippen molar-refractivity contribution in [3.63, 3.8) is 0 Å². The zero-order valence-electron chi connectivity index (χ0n) is 9.56. The molecule has 0 aliphatic carbocycles. The average molecular weight is 238 g/mol. The molecule has 1 amide bonds. The summed E-state index contributed by atoms with van der Waals surface area (Å²) in [5.41, 5.74) is 11.1. The first-order valence-corrected chi connectivity index (χ1v) is 4.86. The van der Waals surface area contributed by atoms with Gasteiger partial charge in [0.15, 0.2) is 5.82 Å². The number of carbonyl (C=O) groups is 2. The third-order valence-corrected chi connectivity index (χ3v) is 2.18. The Bertz CT molecular complexity index is 447. The van der Waals surface area contributed by atoms with Crippen molar-refractivity contribution in [1.29, 1.82) is 0 Å². The third kappa shape index (κ3) is 2.83. The maximum atomic E-state index is 11.4. The van der Waals surface area contributed by atoms with E-state index >= 15 is 0 Å². The molecule has 92 valence electrons. The quantitative estimate of drug-likeness (QED) is 0.621. The second-order valence-corrected chi connectivity index (χ2v) is 3.38. The van der Waals surface area contributed by atoms with E-state index in [2.05, 4.69) is 15.0 Å². The van der Waals surface area contributed by atoms with E-state index < -0.39 is 17.9 Å². The Hall–Kier alpha value is -2.31. The fraction of sp³-hybridized carbons (Fsp3) is 0.300. The second-order valence-electron chi connectivity index (χ2n) is 3.38. The van der Waals surface area contributed by atoms with Gasteiger partial charge >= 0.3 is 5.97 Å². The van der Waals surface area contributed by atoms with E-state index in [0.29, 0.717) is 0 Å². The summed E-state index contributed by atoms with van der Waals surface area (Å²) in [4.78, 5) is 26.2. The lowest BCUT2D eigenvalue weighted by Crippen LogP contribution is -2.33. The highest BCUT2D eigenvalue weighted by molar-refractivity contribution is 5.97. The van der Waals surface area contributed by atoms with E-state index in [-0.39, 0.29) is 17.1 Å². The maximum Gasteiger partial charge on any atom is 0.340 e. The number of nitrogens with two attached hydrogens (primary N) is 2. The number of hydrogen-bond donors (Lipinski definition) is 3. The Morgan fingerprint density at radius 1 is 1.53 bits per heavy atom. The van der Waals surface area contributed by atoms with Crippen molar-refractivity contribution in [2.24, 2.45) is 5.73 Å². The summed E-state index contributed by atoms with van der Waals surface area (Å²) in [6, 6.07) is 0.791. The number of carbonyl (C=O) groups excluding carboxylic acids is 2. The smallest absolute Gasteiger partial charge is 0.340 e. The first kappa shape index (κ1) is 12.8. The van der Waals surface area contributed by atoms with Crippen molar-refractivity contribution in [3.8, 4) is 0 Å². The number of primary amides is 1. The van der Waals surface area contributed by atoms with Crippen molar-refractivity contribution in [2.45, 2.75) is 13.0 Å². The first-order chi connectivity index (χ1) is 7.97. The average Bonchev–Trinajstić information content (AvgIpc) is 2.30. The van der Waals surface area contributed by atoms with Crippen LogP contribution in [0.4, 0.5) is 11.5 Å². The van der Waals surface area contributed by atoms with Crippen LogP contribution in [0, 0.1) is 0 Å². The van der Waals surface area contributed by atoms with Crippen molar-refractivity contribution in [1.82, 2.24) is 4.98 Å². The molecule has 1 rings (SSSR count). The van der Waals surface area contributed by atoms with E-state index in [0.717, 1.165) is 0 Å². The van der Waals surface area contributed by atoms with Crippen LogP contribution in [0.3, 0.4) is 0 Å². The molecule has 1 unspecified atom stereocenters. The molecule has 0 saturated carbocycles. The number of nitrogens with one attached hydrogen (secondary N) is 1. The molecule has 1 aromatic rings. The Morgan fingerprint density at radius 2 is 2.18 bits per heavy atom. The van der Waals surface area contributed by atoms with Gasteiger partial charge in [0.25, 0.3) is 0 Å². The van der Waals surface area contributed by atoms with Crippen molar-refractivity contribution >= 4 is 23.4 Å². The van der Waals surface area contributed by atoms with Crippen LogP contribution in [0.15, 0.2) is 12.3 Å². The Morgan fingerprint density at radius 3 is 2.71 bits per heavy atom. The Labute approximate surface area is 98.1 Å². The lowest BCUT2D eigenvalue weighted by Gasteiger charge is -2.14. The Balaban J connectivity index is 3.02. The van der Waals surface area contributed by atoms with Gasteiger partial charge in [-0.2, -0.15) is 0 Å². The number of amides is 1. The monoisotopic (exact) mass is 238 g/mol. The van der Waals surface area contributed by atoms with Gasteiger partial charge in [-0.15, -0.1) is 0 Å². The van der Waals surface area contributed by atoms with Crippen molar-refractivity contribution in [2.75, 3.05) is 18.2 Å². The maximum absolute atomic E-state index is 11.4. The van der Waals surface area contributed by atoms with Gasteiger partial charge in [-0.1, -0.05) is 0 Å². The molecule has 0 aliphatic rings. The van der Waals surface area contributed by atoms with Gasteiger partial charge in [-0.25, -0.2) is 9.78 Å². The number of rotatable bonds is 4. The normalized spacial score (nSPS) is 11.6. The summed E-state index contributed by atoms with van der Waals surface area (Å²) < 4.78 is 4.56. The largest absolute Gasteiger partial charge is 0.465 e. The van der Waals surface area contributed by atoms with E-state index in [1.165, 1.54) is 19.4 Å². The van der Waals surface area contributed by atoms with Crippen LogP contribution in [-0.4, -0.2) is 30.0 Å². The van der Waals surface area contributed by atoms with Crippen LogP contribution in [-0.2, 0) is 9.53 Å². The first-order valence-electron chi connectivity index (χ1n) is 4.86. The molecule has 0 radical (unpaired) electrons. The van der Waals surface area contributed by atoms with Crippen LogP contribution in [0.1, 0.15) is 17.3 Å². The molecule has 0 spiro atoms. The van der Waals surface area contributed by atoms with Gasteiger partial charge in [0, 0.05) is 6.20 Å². The van der Waals surface area contributed by atoms with E-state index in [9.17, 15) is 9.59 Å². The van der Waals surface area contributed by atoms with E-state index in [4.69, 9.17) is 11.5 Å². The minimum atomic E-state index is -0.641. The molecule has 0 aromatic carbocycles. The standard InChI is InChI=1S/C10H14N4O3/c1-5(8(12)15)14-9-7(11)6(3-4-13-9)10(16)17-2/h3-5H,11H2,1-2H3,(H2,12,15)(H,13,14). The summed E-state index contributed by atoms with van der Waals surface area (Å²) >= 11 is 0. The number of methoxy groups -OCH3 is 1. The molecular formula is C10H14N4O3. The highest BCUT2D eigenvalue weighted by atomic mass is 16.5. The number of nitrogen functional groups attached to an aromatic ring is 1. The predicted molar refractivity (Wildman–Crippen MR) is 62.3 cm³/mol. The molecule has 1 heterocycles. The molecule has 7 heteroatoms. The number of hydrogen-bond acceptors (Lipinski definition) is 6. The third-order valence-electron chi connectivity index (χ3n) is 2.18. The van der Waals surface area contributed by atoms with Crippen LogP contribution < -0.4 is 16.8 Å². The fourth-order valence-electron chi connectivity index (χ4n) is 1.15. The van der Waals surface area contributed by atoms with Crippen LogP contribution in [0.2, 0.25) is 0 Å².